The van der Waals surface area contributed by atoms with E-state index in [-0.39, 0.29) is 5.91 Å². The number of carbonyl (C=O) groups excluding carboxylic acids is 1. The molecule has 1 amide bonds. The Morgan fingerprint density at radius 2 is 2.00 bits per heavy atom. The van der Waals surface area contributed by atoms with Crippen LogP contribution in [0.1, 0.15) is 30.3 Å². The first-order valence-corrected chi connectivity index (χ1v) is 7.23. The number of para-hydroxylation sites is 1. The molecule has 1 aliphatic rings. The Hall–Kier alpha value is -2.43. The molecule has 21 heavy (non-hydrogen) atoms. The van der Waals surface area contributed by atoms with E-state index in [2.05, 4.69) is 27.1 Å². The summed E-state index contributed by atoms with van der Waals surface area (Å²) in [5.41, 5.74) is 1.43. The second kappa shape index (κ2) is 5.91. The van der Waals surface area contributed by atoms with Gasteiger partial charge in [0.2, 0.25) is 0 Å². The minimum absolute atomic E-state index is 0.140. The predicted molar refractivity (Wildman–Crippen MR) is 81.6 cm³/mol. The van der Waals surface area contributed by atoms with Crippen LogP contribution in [-0.4, -0.2) is 28.5 Å². The van der Waals surface area contributed by atoms with Crippen molar-refractivity contribution in [3.8, 4) is 0 Å². The summed E-state index contributed by atoms with van der Waals surface area (Å²) in [6, 6.07) is 10.3. The van der Waals surface area contributed by atoms with Gasteiger partial charge in [-0.25, -0.2) is 9.97 Å². The molecule has 0 aliphatic heterocycles. The Morgan fingerprint density at radius 3 is 2.57 bits per heavy atom. The van der Waals surface area contributed by atoms with Gasteiger partial charge in [-0.15, -0.1) is 0 Å². The number of amides is 1. The third-order valence-electron chi connectivity index (χ3n) is 3.44. The quantitative estimate of drug-likeness (QED) is 0.915. The molecule has 1 aliphatic carbocycles. The van der Waals surface area contributed by atoms with E-state index in [0.717, 1.165) is 30.9 Å². The molecule has 1 heterocycles. The van der Waals surface area contributed by atoms with Crippen LogP contribution in [0.25, 0.3) is 0 Å². The highest BCUT2D eigenvalue weighted by molar-refractivity contribution is 5.92. The van der Waals surface area contributed by atoms with Gasteiger partial charge in [0, 0.05) is 18.3 Å². The number of hydrogen-bond donors (Lipinski definition) is 1. The van der Waals surface area contributed by atoms with E-state index >= 15 is 0 Å². The van der Waals surface area contributed by atoms with E-state index in [4.69, 9.17) is 0 Å². The third-order valence-corrected chi connectivity index (χ3v) is 3.44. The maximum absolute atomic E-state index is 11.9. The zero-order valence-corrected chi connectivity index (χ0v) is 12.0. The monoisotopic (exact) mass is 282 g/mol. The van der Waals surface area contributed by atoms with Gasteiger partial charge in [0.05, 0.1) is 12.4 Å². The Bertz CT molecular complexity index is 608. The van der Waals surface area contributed by atoms with Crippen LogP contribution in [0.3, 0.4) is 0 Å². The van der Waals surface area contributed by atoms with E-state index < -0.39 is 0 Å². The summed E-state index contributed by atoms with van der Waals surface area (Å²) in [5.74, 6) is 0.603. The van der Waals surface area contributed by atoms with Gasteiger partial charge < -0.3 is 10.2 Å². The summed E-state index contributed by atoms with van der Waals surface area (Å²) >= 11 is 0. The second-order valence-electron chi connectivity index (χ2n) is 5.09. The number of nitrogens with one attached hydrogen (secondary N) is 1. The smallest absolute Gasteiger partial charge is 0.271 e. The molecule has 2 aromatic rings. The predicted octanol–water partition coefficient (Wildman–Crippen LogP) is 2.53. The second-order valence-corrected chi connectivity index (χ2v) is 5.09. The average molecular weight is 282 g/mol. The van der Waals surface area contributed by atoms with Crippen LogP contribution in [0, 0.1) is 0 Å². The van der Waals surface area contributed by atoms with Crippen LogP contribution in [0.5, 0.6) is 0 Å². The summed E-state index contributed by atoms with van der Waals surface area (Å²) in [6.07, 6.45) is 5.32. The van der Waals surface area contributed by atoms with Crippen molar-refractivity contribution in [2.75, 3.05) is 11.4 Å². The van der Waals surface area contributed by atoms with Crippen molar-refractivity contribution in [2.24, 2.45) is 0 Å². The molecular formula is C16H18N4O. The highest BCUT2D eigenvalue weighted by Crippen LogP contribution is 2.22. The van der Waals surface area contributed by atoms with E-state index in [0.29, 0.717) is 11.7 Å². The van der Waals surface area contributed by atoms with Gasteiger partial charge in [0.1, 0.15) is 5.69 Å². The maximum atomic E-state index is 11.9. The van der Waals surface area contributed by atoms with Gasteiger partial charge >= 0.3 is 0 Å². The lowest BCUT2D eigenvalue weighted by atomic mass is 10.3. The van der Waals surface area contributed by atoms with Crippen LogP contribution in [0.15, 0.2) is 42.7 Å². The fourth-order valence-electron chi connectivity index (χ4n) is 2.15. The topological polar surface area (TPSA) is 58.1 Å². The molecule has 5 nitrogen and oxygen atoms in total. The van der Waals surface area contributed by atoms with Crippen molar-refractivity contribution in [1.29, 1.82) is 0 Å². The van der Waals surface area contributed by atoms with Gasteiger partial charge in [-0.05, 0) is 31.9 Å². The van der Waals surface area contributed by atoms with Gasteiger partial charge in [-0.1, -0.05) is 18.2 Å². The fourth-order valence-corrected chi connectivity index (χ4v) is 2.15. The van der Waals surface area contributed by atoms with Crippen LogP contribution in [0.2, 0.25) is 0 Å². The first kappa shape index (κ1) is 13.5. The van der Waals surface area contributed by atoms with Crippen molar-refractivity contribution in [1.82, 2.24) is 15.3 Å². The van der Waals surface area contributed by atoms with Crippen LogP contribution >= 0.6 is 0 Å². The van der Waals surface area contributed by atoms with Crippen molar-refractivity contribution in [3.63, 3.8) is 0 Å². The number of benzene rings is 1. The molecule has 0 spiro atoms. The van der Waals surface area contributed by atoms with Crippen LogP contribution < -0.4 is 10.2 Å². The van der Waals surface area contributed by atoms with Crippen molar-refractivity contribution < 1.29 is 4.79 Å². The average Bonchev–Trinajstić information content (AvgIpc) is 3.34. The molecule has 1 N–H and O–H groups in total. The molecule has 0 saturated heterocycles. The van der Waals surface area contributed by atoms with Crippen molar-refractivity contribution in [2.45, 2.75) is 25.8 Å². The standard InChI is InChI=1S/C16H18N4O/c1-2-20(13-6-4-3-5-7-13)15-11-17-14(10-18-15)16(21)19-12-8-9-12/h3-7,10-12H,2,8-9H2,1H3,(H,19,21). The number of carbonyl (C=O) groups is 1. The van der Waals surface area contributed by atoms with E-state index in [1.54, 1.807) is 12.4 Å². The molecule has 1 aromatic carbocycles. The molecular weight excluding hydrogens is 264 g/mol. The number of anilines is 2. The van der Waals surface area contributed by atoms with Gasteiger partial charge in [-0.2, -0.15) is 0 Å². The van der Waals surface area contributed by atoms with E-state index in [9.17, 15) is 4.79 Å². The SMILES string of the molecule is CCN(c1ccccc1)c1cnc(C(=O)NC2CC2)cn1. The number of hydrogen-bond acceptors (Lipinski definition) is 4. The molecule has 1 fully saturated rings. The lowest BCUT2D eigenvalue weighted by Crippen LogP contribution is -2.26. The van der Waals surface area contributed by atoms with Crippen molar-refractivity contribution >= 4 is 17.4 Å². The van der Waals surface area contributed by atoms with E-state index in [1.807, 2.05) is 30.3 Å². The van der Waals surface area contributed by atoms with Gasteiger partial charge in [0.25, 0.3) is 5.91 Å². The molecule has 0 atom stereocenters. The largest absolute Gasteiger partial charge is 0.348 e. The highest BCUT2D eigenvalue weighted by atomic mass is 16.2. The summed E-state index contributed by atoms with van der Waals surface area (Å²) in [5, 5.41) is 2.91. The van der Waals surface area contributed by atoms with Gasteiger partial charge in [-0.3, -0.25) is 4.79 Å². The zero-order chi connectivity index (χ0) is 14.7. The summed E-state index contributed by atoms with van der Waals surface area (Å²) < 4.78 is 0. The third kappa shape index (κ3) is 3.18. The lowest BCUT2D eigenvalue weighted by Gasteiger charge is -2.21. The molecule has 0 unspecified atom stereocenters. The number of nitrogens with zero attached hydrogens (tertiary/aromatic N) is 3. The molecule has 3 rings (SSSR count). The fraction of sp³-hybridized carbons (Fsp3) is 0.312. The lowest BCUT2D eigenvalue weighted by molar-refractivity contribution is 0.0945. The minimum Gasteiger partial charge on any atom is -0.348 e. The summed E-state index contributed by atoms with van der Waals surface area (Å²) in [6.45, 7) is 2.84. The summed E-state index contributed by atoms with van der Waals surface area (Å²) in [4.78, 5) is 22.6. The van der Waals surface area contributed by atoms with Crippen molar-refractivity contribution in [3.05, 3.63) is 48.4 Å². The Labute approximate surface area is 124 Å². The number of rotatable bonds is 5. The Kier molecular flexibility index (Phi) is 3.81. The van der Waals surface area contributed by atoms with Crippen LogP contribution in [-0.2, 0) is 0 Å². The molecule has 0 bridgehead atoms. The van der Waals surface area contributed by atoms with Gasteiger partial charge in [0.15, 0.2) is 5.82 Å². The van der Waals surface area contributed by atoms with E-state index in [1.165, 1.54) is 0 Å². The normalized spacial score (nSPS) is 13.8. The highest BCUT2D eigenvalue weighted by Gasteiger charge is 2.24. The molecule has 1 aromatic heterocycles. The minimum atomic E-state index is -0.140. The molecule has 108 valence electrons. The first-order chi connectivity index (χ1) is 10.3. The Morgan fingerprint density at radius 1 is 1.24 bits per heavy atom. The molecule has 5 heteroatoms. The van der Waals surface area contributed by atoms with Crippen LogP contribution in [0.4, 0.5) is 11.5 Å². The molecule has 1 saturated carbocycles. The molecule has 0 radical (unpaired) electrons. The number of aromatic nitrogens is 2. The first-order valence-electron chi connectivity index (χ1n) is 7.23. The summed E-state index contributed by atoms with van der Waals surface area (Å²) in [7, 11) is 0. The zero-order valence-electron chi connectivity index (χ0n) is 12.0. The Balaban J connectivity index is 1.77. The maximum Gasteiger partial charge on any atom is 0.271 e.